The number of nitrogens with zero attached hydrogens (tertiary/aromatic N) is 3. The number of para-hydroxylation sites is 1. The first-order valence-electron chi connectivity index (χ1n) is 9.15. The largest absolute Gasteiger partial charge is 0.347 e. The summed E-state index contributed by atoms with van der Waals surface area (Å²) in [6.07, 6.45) is 2.43. The lowest BCUT2D eigenvalue weighted by molar-refractivity contribution is 0.0945. The molecule has 1 atom stereocenters. The van der Waals surface area contributed by atoms with Crippen LogP contribution in [0.15, 0.2) is 60.9 Å². The van der Waals surface area contributed by atoms with E-state index < -0.39 is 0 Å². The van der Waals surface area contributed by atoms with Gasteiger partial charge in [0.05, 0.1) is 0 Å². The summed E-state index contributed by atoms with van der Waals surface area (Å²) in [6, 6.07) is 18.5. The van der Waals surface area contributed by atoms with Gasteiger partial charge in [-0.05, 0) is 37.5 Å². The van der Waals surface area contributed by atoms with E-state index in [0.717, 1.165) is 23.5 Å². The maximum Gasteiger partial charge on any atom is 0.270 e. The second-order valence-corrected chi connectivity index (χ2v) is 6.98. The van der Waals surface area contributed by atoms with Crippen LogP contribution in [0.25, 0.3) is 0 Å². The molecule has 1 aliphatic rings. The van der Waals surface area contributed by atoms with Crippen LogP contribution in [-0.2, 0) is 13.0 Å². The first-order valence-corrected chi connectivity index (χ1v) is 9.15. The Morgan fingerprint density at radius 1 is 1.15 bits per heavy atom. The number of hydrogen-bond donors (Lipinski definition) is 1. The average Bonchev–Trinajstić information content (AvgIpc) is 3.03. The Hall–Kier alpha value is -3.21. The summed E-state index contributed by atoms with van der Waals surface area (Å²) in [5.41, 5.74) is 5.09. The van der Waals surface area contributed by atoms with E-state index in [2.05, 4.69) is 45.3 Å². The summed E-state index contributed by atoms with van der Waals surface area (Å²) in [7, 11) is 0. The fourth-order valence-corrected chi connectivity index (χ4v) is 3.50. The van der Waals surface area contributed by atoms with Crippen LogP contribution in [0.3, 0.4) is 0 Å². The van der Waals surface area contributed by atoms with Gasteiger partial charge < -0.3 is 10.2 Å². The molecule has 3 aromatic rings. The summed E-state index contributed by atoms with van der Waals surface area (Å²) < 4.78 is 0. The van der Waals surface area contributed by atoms with Gasteiger partial charge in [-0.15, -0.1) is 0 Å². The molecule has 0 fully saturated rings. The normalized spacial score (nSPS) is 15.5. The van der Waals surface area contributed by atoms with E-state index in [0.29, 0.717) is 18.3 Å². The van der Waals surface area contributed by atoms with Crippen molar-refractivity contribution in [1.82, 2.24) is 15.3 Å². The molecule has 2 aromatic carbocycles. The topological polar surface area (TPSA) is 58.1 Å². The van der Waals surface area contributed by atoms with Gasteiger partial charge in [0.15, 0.2) is 0 Å². The number of carbonyl (C=O) groups excluding carboxylic acids is 1. The minimum absolute atomic E-state index is 0.195. The minimum atomic E-state index is -0.195. The van der Waals surface area contributed by atoms with Crippen molar-refractivity contribution in [1.29, 1.82) is 0 Å². The molecule has 0 radical (unpaired) electrons. The highest BCUT2D eigenvalue weighted by molar-refractivity contribution is 5.93. The Bertz CT molecular complexity index is 968. The first-order chi connectivity index (χ1) is 13.1. The van der Waals surface area contributed by atoms with Gasteiger partial charge in [0.25, 0.3) is 5.91 Å². The number of aryl methyl sites for hydroxylation is 1. The molecule has 1 N–H and O–H groups in total. The Kier molecular flexibility index (Phi) is 4.59. The SMILES string of the molecule is Cc1ccc(CNC(=O)c2cc(N3c4ccccc4CC3C)ncn2)cc1. The highest BCUT2D eigenvalue weighted by atomic mass is 16.1. The van der Waals surface area contributed by atoms with E-state index in [4.69, 9.17) is 0 Å². The third-order valence-electron chi connectivity index (χ3n) is 4.91. The smallest absolute Gasteiger partial charge is 0.270 e. The van der Waals surface area contributed by atoms with Gasteiger partial charge in [0.1, 0.15) is 17.8 Å². The van der Waals surface area contributed by atoms with Crippen LogP contribution in [0.1, 0.15) is 34.1 Å². The maximum atomic E-state index is 12.6. The molecule has 0 saturated heterocycles. The zero-order valence-electron chi connectivity index (χ0n) is 15.5. The molecule has 4 rings (SSSR count). The van der Waals surface area contributed by atoms with Gasteiger partial charge in [-0.25, -0.2) is 9.97 Å². The second kappa shape index (κ2) is 7.19. The molecule has 1 aromatic heterocycles. The van der Waals surface area contributed by atoms with Crippen LogP contribution >= 0.6 is 0 Å². The number of benzene rings is 2. The Morgan fingerprint density at radius 3 is 2.74 bits per heavy atom. The van der Waals surface area contributed by atoms with Crippen molar-refractivity contribution in [2.24, 2.45) is 0 Å². The predicted molar refractivity (Wildman–Crippen MR) is 106 cm³/mol. The molecule has 0 saturated carbocycles. The molecule has 0 spiro atoms. The summed E-state index contributed by atoms with van der Waals surface area (Å²) in [4.78, 5) is 23.3. The molecule has 0 bridgehead atoms. The summed E-state index contributed by atoms with van der Waals surface area (Å²) in [5.74, 6) is 0.558. The van der Waals surface area contributed by atoms with Gasteiger partial charge >= 0.3 is 0 Å². The van der Waals surface area contributed by atoms with Crippen molar-refractivity contribution in [3.05, 3.63) is 83.3 Å². The van der Waals surface area contributed by atoms with Crippen LogP contribution in [0.5, 0.6) is 0 Å². The summed E-state index contributed by atoms with van der Waals surface area (Å²) in [6.45, 7) is 4.68. The average molecular weight is 358 g/mol. The molecule has 27 heavy (non-hydrogen) atoms. The van der Waals surface area contributed by atoms with Crippen molar-refractivity contribution in [2.45, 2.75) is 32.9 Å². The van der Waals surface area contributed by atoms with E-state index in [-0.39, 0.29) is 5.91 Å². The molecular formula is C22H22N4O. The van der Waals surface area contributed by atoms with Gasteiger partial charge in [-0.2, -0.15) is 0 Å². The zero-order chi connectivity index (χ0) is 18.8. The lowest BCUT2D eigenvalue weighted by Gasteiger charge is -2.23. The third-order valence-corrected chi connectivity index (χ3v) is 4.91. The van der Waals surface area contributed by atoms with Gasteiger partial charge in [-0.3, -0.25) is 4.79 Å². The van der Waals surface area contributed by atoms with Crippen molar-refractivity contribution in [2.75, 3.05) is 4.90 Å². The minimum Gasteiger partial charge on any atom is -0.347 e. The van der Waals surface area contributed by atoms with E-state index >= 15 is 0 Å². The van der Waals surface area contributed by atoms with E-state index in [1.54, 1.807) is 6.07 Å². The van der Waals surface area contributed by atoms with Crippen molar-refractivity contribution >= 4 is 17.4 Å². The maximum absolute atomic E-state index is 12.6. The number of rotatable bonds is 4. The fraction of sp³-hybridized carbons (Fsp3) is 0.227. The highest BCUT2D eigenvalue weighted by Crippen LogP contribution is 2.36. The van der Waals surface area contributed by atoms with Crippen molar-refractivity contribution in [3.63, 3.8) is 0 Å². The quantitative estimate of drug-likeness (QED) is 0.771. The molecule has 136 valence electrons. The standard InChI is InChI=1S/C22H22N4O/c1-15-7-9-17(10-8-15)13-23-22(27)19-12-21(25-14-24-19)26-16(2)11-18-5-3-4-6-20(18)26/h3-10,12,14,16H,11,13H2,1-2H3,(H,23,27). The Balaban J connectivity index is 1.52. The second-order valence-electron chi connectivity index (χ2n) is 6.98. The van der Waals surface area contributed by atoms with E-state index in [1.807, 2.05) is 37.3 Å². The molecule has 5 nitrogen and oxygen atoms in total. The number of hydrogen-bond acceptors (Lipinski definition) is 4. The van der Waals surface area contributed by atoms with Gasteiger partial charge in [0.2, 0.25) is 0 Å². The number of fused-ring (bicyclic) bond motifs is 1. The number of nitrogens with one attached hydrogen (secondary N) is 1. The molecule has 2 heterocycles. The van der Waals surface area contributed by atoms with Crippen LogP contribution in [0.4, 0.5) is 11.5 Å². The Labute approximate surface area is 159 Å². The number of anilines is 2. The van der Waals surface area contributed by atoms with Crippen LogP contribution in [-0.4, -0.2) is 21.9 Å². The van der Waals surface area contributed by atoms with Crippen LogP contribution in [0.2, 0.25) is 0 Å². The summed E-state index contributed by atoms with van der Waals surface area (Å²) in [5, 5.41) is 2.94. The van der Waals surface area contributed by atoms with Gasteiger partial charge in [-0.1, -0.05) is 48.0 Å². The van der Waals surface area contributed by atoms with Crippen molar-refractivity contribution in [3.8, 4) is 0 Å². The lowest BCUT2D eigenvalue weighted by Crippen LogP contribution is -2.27. The predicted octanol–water partition coefficient (Wildman–Crippen LogP) is 3.80. The molecule has 1 amide bonds. The fourth-order valence-electron chi connectivity index (χ4n) is 3.50. The first kappa shape index (κ1) is 17.2. The number of aromatic nitrogens is 2. The van der Waals surface area contributed by atoms with E-state index in [9.17, 15) is 4.79 Å². The van der Waals surface area contributed by atoms with Crippen LogP contribution in [0, 0.1) is 6.92 Å². The van der Waals surface area contributed by atoms with Gasteiger partial charge in [0, 0.05) is 24.3 Å². The molecule has 0 aliphatic carbocycles. The third kappa shape index (κ3) is 3.53. The molecule has 1 aliphatic heterocycles. The molecular weight excluding hydrogens is 336 g/mol. The summed E-state index contributed by atoms with van der Waals surface area (Å²) >= 11 is 0. The number of carbonyl (C=O) groups is 1. The van der Waals surface area contributed by atoms with Crippen molar-refractivity contribution < 1.29 is 4.79 Å². The number of amides is 1. The highest BCUT2D eigenvalue weighted by Gasteiger charge is 2.28. The lowest BCUT2D eigenvalue weighted by atomic mass is 10.1. The van der Waals surface area contributed by atoms with E-state index in [1.165, 1.54) is 17.5 Å². The Morgan fingerprint density at radius 2 is 1.93 bits per heavy atom. The van der Waals surface area contributed by atoms with Crippen LogP contribution < -0.4 is 10.2 Å². The molecule has 1 unspecified atom stereocenters. The monoisotopic (exact) mass is 358 g/mol. The zero-order valence-corrected chi connectivity index (χ0v) is 15.5. The molecule has 5 heteroatoms.